The fourth-order valence-corrected chi connectivity index (χ4v) is 1.80. The number of nitrogens with zero attached hydrogens (tertiary/aromatic N) is 1. The minimum absolute atomic E-state index is 0.142. The summed E-state index contributed by atoms with van der Waals surface area (Å²) in [7, 11) is 1.99. The molecule has 0 aliphatic carbocycles. The third-order valence-electron chi connectivity index (χ3n) is 2.78. The van der Waals surface area contributed by atoms with Gasteiger partial charge in [0.1, 0.15) is 0 Å². The quantitative estimate of drug-likeness (QED) is 0.746. The zero-order valence-corrected chi connectivity index (χ0v) is 11.2. The van der Waals surface area contributed by atoms with Crippen LogP contribution in [0.25, 0.3) is 0 Å². The van der Waals surface area contributed by atoms with Gasteiger partial charge in [0.25, 0.3) is 0 Å². The molecule has 0 fully saturated rings. The van der Waals surface area contributed by atoms with Crippen molar-refractivity contribution in [3.8, 4) is 0 Å². The number of rotatable bonds is 7. The Morgan fingerprint density at radius 1 is 1.33 bits per heavy atom. The number of hydrogen-bond donors (Lipinski definition) is 1. The summed E-state index contributed by atoms with van der Waals surface area (Å²) in [6, 6.07) is 8.11. The highest BCUT2D eigenvalue weighted by atomic mass is 16.5. The maximum Gasteiger partial charge on any atom is 0.307 e. The number of hydrogen-bond acceptors (Lipinski definition) is 4. The van der Waals surface area contributed by atoms with Gasteiger partial charge in [0.15, 0.2) is 0 Å². The van der Waals surface area contributed by atoms with E-state index in [4.69, 9.17) is 10.5 Å². The van der Waals surface area contributed by atoms with Crippen LogP contribution in [0.5, 0.6) is 0 Å². The normalized spacial score (nSPS) is 10.7. The lowest BCUT2D eigenvalue weighted by atomic mass is 10.1. The van der Waals surface area contributed by atoms with Crippen LogP contribution in [0.1, 0.15) is 24.5 Å². The summed E-state index contributed by atoms with van der Waals surface area (Å²) in [6.07, 6.45) is 0.426. The Hall–Kier alpha value is -1.39. The van der Waals surface area contributed by atoms with Gasteiger partial charge in [-0.05, 0) is 25.1 Å². The molecule has 18 heavy (non-hydrogen) atoms. The lowest BCUT2D eigenvalue weighted by Gasteiger charge is -2.18. The van der Waals surface area contributed by atoms with Crippen molar-refractivity contribution < 1.29 is 9.53 Å². The highest BCUT2D eigenvalue weighted by molar-refractivity contribution is 5.69. The third-order valence-corrected chi connectivity index (χ3v) is 2.78. The molecule has 0 aliphatic rings. The first-order chi connectivity index (χ1) is 8.67. The van der Waals surface area contributed by atoms with Gasteiger partial charge in [-0.2, -0.15) is 0 Å². The van der Waals surface area contributed by atoms with Gasteiger partial charge in [-0.15, -0.1) is 0 Å². The number of nitrogens with two attached hydrogens (primary N) is 1. The Balaban J connectivity index is 2.44. The van der Waals surface area contributed by atoms with Crippen LogP contribution in [0.15, 0.2) is 24.3 Å². The van der Waals surface area contributed by atoms with Gasteiger partial charge < -0.3 is 15.4 Å². The molecular formula is C14H22N2O2. The summed E-state index contributed by atoms with van der Waals surface area (Å²) >= 11 is 0. The molecule has 0 aliphatic heterocycles. The van der Waals surface area contributed by atoms with Crippen LogP contribution < -0.4 is 5.73 Å². The number of ether oxygens (including phenoxy) is 1. The van der Waals surface area contributed by atoms with Gasteiger partial charge in [0, 0.05) is 19.6 Å². The van der Waals surface area contributed by atoms with Crippen LogP contribution in [0.2, 0.25) is 0 Å². The van der Waals surface area contributed by atoms with Crippen molar-refractivity contribution in [3.05, 3.63) is 35.4 Å². The molecule has 0 saturated heterocycles. The molecule has 4 heteroatoms. The van der Waals surface area contributed by atoms with E-state index in [1.54, 1.807) is 0 Å². The fraction of sp³-hybridized carbons (Fsp3) is 0.500. The first-order valence-electron chi connectivity index (χ1n) is 6.28. The van der Waals surface area contributed by atoms with Gasteiger partial charge >= 0.3 is 5.97 Å². The maximum absolute atomic E-state index is 11.3. The second-order valence-corrected chi connectivity index (χ2v) is 4.27. The molecule has 0 amide bonds. The minimum atomic E-state index is -0.142. The van der Waals surface area contributed by atoms with Gasteiger partial charge in [0.05, 0.1) is 13.0 Å². The van der Waals surface area contributed by atoms with Gasteiger partial charge in [0.2, 0.25) is 0 Å². The molecule has 4 nitrogen and oxygen atoms in total. The SMILES string of the molecule is CCOC(=O)CCN(C)Cc1ccccc1CN. The molecule has 1 aromatic rings. The molecule has 0 unspecified atom stereocenters. The van der Waals surface area contributed by atoms with Crippen LogP contribution in [-0.4, -0.2) is 31.1 Å². The summed E-state index contributed by atoms with van der Waals surface area (Å²) in [6.45, 7) is 4.30. The Morgan fingerprint density at radius 3 is 2.61 bits per heavy atom. The van der Waals surface area contributed by atoms with Crippen molar-refractivity contribution in [1.82, 2.24) is 4.90 Å². The number of benzene rings is 1. The van der Waals surface area contributed by atoms with E-state index < -0.39 is 0 Å². The predicted molar refractivity (Wildman–Crippen MR) is 71.9 cm³/mol. The van der Waals surface area contributed by atoms with E-state index in [1.165, 1.54) is 5.56 Å². The molecule has 0 bridgehead atoms. The van der Waals surface area contributed by atoms with Crippen molar-refractivity contribution in [2.24, 2.45) is 5.73 Å². The van der Waals surface area contributed by atoms with Crippen LogP contribution >= 0.6 is 0 Å². The summed E-state index contributed by atoms with van der Waals surface area (Å²) < 4.78 is 4.90. The summed E-state index contributed by atoms with van der Waals surface area (Å²) in [4.78, 5) is 13.4. The number of carbonyl (C=O) groups excluding carboxylic acids is 1. The smallest absolute Gasteiger partial charge is 0.307 e. The first-order valence-corrected chi connectivity index (χ1v) is 6.28. The Labute approximate surface area is 109 Å². The Bertz CT molecular complexity index is 380. The van der Waals surface area contributed by atoms with Crippen molar-refractivity contribution in [2.45, 2.75) is 26.4 Å². The number of carbonyl (C=O) groups is 1. The van der Waals surface area contributed by atoms with E-state index in [2.05, 4.69) is 11.0 Å². The molecule has 1 rings (SSSR count). The van der Waals surface area contributed by atoms with E-state index in [-0.39, 0.29) is 5.97 Å². The van der Waals surface area contributed by atoms with E-state index in [0.29, 0.717) is 26.1 Å². The molecule has 0 saturated carbocycles. The molecule has 0 heterocycles. The average molecular weight is 250 g/mol. The topological polar surface area (TPSA) is 55.6 Å². The van der Waals surface area contributed by atoms with E-state index in [1.807, 2.05) is 32.2 Å². The van der Waals surface area contributed by atoms with Gasteiger partial charge in [-0.25, -0.2) is 0 Å². The molecule has 0 atom stereocenters. The first kappa shape index (κ1) is 14.7. The van der Waals surface area contributed by atoms with Crippen LogP contribution in [-0.2, 0) is 22.6 Å². The lowest BCUT2D eigenvalue weighted by Crippen LogP contribution is -2.23. The summed E-state index contributed by atoms with van der Waals surface area (Å²) in [5.74, 6) is -0.142. The molecule has 1 aromatic carbocycles. The van der Waals surface area contributed by atoms with Crippen molar-refractivity contribution in [2.75, 3.05) is 20.2 Å². The van der Waals surface area contributed by atoms with Crippen LogP contribution in [0.4, 0.5) is 0 Å². The zero-order valence-electron chi connectivity index (χ0n) is 11.2. The third kappa shape index (κ3) is 4.85. The van der Waals surface area contributed by atoms with Crippen molar-refractivity contribution in [3.63, 3.8) is 0 Å². The summed E-state index contributed by atoms with van der Waals surface area (Å²) in [5.41, 5.74) is 8.06. The predicted octanol–water partition coefficient (Wildman–Crippen LogP) is 1.53. The standard InChI is InChI=1S/C14H22N2O2/c1-3-18-14(17)8-9-16(2)11-13-7-5-4-6-12(13)10-15/h4-7H,3,8-11,15H2,1-2H3. The maximum atomic E-state index is 11.3. The second-order valence-electron chi connectivity index (χ2n) is 4.27. The van der Waals surface area contributed by atoms with E-state index in [0.717, 1.165) is 12.1 Å². The average Bonchev–Trinajstić information content (AvgIpc) is 2.37. The molecule has 100 valence electrons. The van der Waals surface area contributed by atoms with E-state index in [9.17, 15) is 4.79 Å². The molecule has 0 aromatic heterocycles. The van der Waals surface area contributed by atoms with Gasteiger partial charge in [-0.3, -0.25) is 4.79 Å². The molecule has 0 radical (unpaired) electrons. The number of esters is 1. The highest BCUT2D eigenvalue weighted by Gasteiger charge is 2.07. The zero-order chi connectivity index (χ0) is 13.4. The largest absolute Gasteiger partial charge is 0.466 e. The molecule has 0 spiro atoms. The Kier molecular flexibility index (Phi) is 6.39. The van der Waals surface area contributed by atoms with Crippen molar-refractivity contribution in [1.29, 1.82) is 0 Å². The van der Waals surface area contributed by atoms with Crippen LogP contribution in [0, 0.1) is 0 Å². The minimum Gasteiger partial charge on any atom is -0.466 e. The van der Waals surface area contributed by atoms with Crippen molar-refractivity contribution >= 4 is 5.97 Å². The van der Waals surface area contributed by atoms with Crippen LogP contribution in [0.3, 0.4) is 0 Å². The summed E-state index contributed by atoms with van der Waals surface area (Å²) in [5, 5.41) is 0. The van der Waals surface area contributed by atoms with E-state index >= 15 is 0 Å². The molecule has 2 N–H and O–H groups in total. The lowest BCUT2D eigenvalue weighted by molar-refractivity contribution is -0.143. The van der Waals surface area contributed by atoms with Gasteiger partial charge in [-0.1, -0.05) is 24.3 Å². The highest BCUT2D eigenvalue weighted by Crippen LogP contribution is 2.10. The molecular weight excluding hydrogens is 228 g/mol. The Morgan fingerprint density at radius 2 is 2.00 bits per heavy atom. The monoisotopic (exact) mass is 250 g/mol. The fourth-order valence-electron chi connectivity index (χ4n) is 1.80. The second kappa shape index (κ2) is 7.84.